The number of rotatable bonds is 5. The third kappa shape index (κ3) is 6.66. The lowest BCUT2D eigenvalue weighted by atomic mass is 9.95. The maximum Gasteiger partial charge on any atom is 0.217 e. The molecular formula is C16H27IN4OS. The summed E-state index contributed by atoms with van der Waals surface area (Å²) in [6.45, 7) is 7.59. The van der Waals surface area contributed by atoms with Crippen LogP contribution in [0.15, 0.2) is 17.1 Å². The first-order chi connectivity index (χ1) is 10.6. The van der Waals surface area contributed by atoms with E-state index in [-0.39, 0.29) is 29.9 Å². The number of carbonyl (C=O) groups excluding carboxylic acids is 1. The molecule has 0 bridgehead atoms. The average Bonchev–Trinajstić information content (AvgIpc) is 2.88. The highest BCUT2D eigenvalue weighted by molar-refractivity contribution is 14.0. The Kier molecular flexibility index (Phi) is 8.90. The molecule has 3 N–H and O–H groups in total. The Labute approximate surface area is 159 Å². The fraction of sp³-hybridized carbons (Fsp3) is 0.625. The van der Waals surface area contributed by atoms with E-state index in [1.807, 2.05) is 0 Å². The van der Waals surface area contributed by atoms with Gasteiger partial charge in [0, 0.05) is 35.8 Å². The van der Waals surface area contributed by atoms with Crippen LogP contribution in [0.2, 0.25) is 0 Å². The van der Waals surface area contributed by atoms with Gasteiger partial charge in [-0.25, -0.2) is 4.99 Å². The lowest BCUT2D eigenvalue weighted by molar-refractivity contribution is -0.119. The van der Waals surface area contributed by atoms with E-state index in [9.17, 15) is 4.79 Å². The molecule has 130 valence electrons. The second-order valence-corrected chi connectivity index (χ2v) is 7.18. The molecular weight excluding hydrogens is 423 g/mol. The van der Waals surface area contributed by atoms with Crippen molar-refractivity contribution in [3.05, 3.63) is 21.9 Å². The third-order valence-electron chi connectivity index (χ3n) is 3.82. The molecule has 1 aromatic heterocycles. The van der Waals surface area contributed by atoms with Gasteiger partial charge in [0.05, 0.1) is 6.54 Å². The molecule has 7 heteroatoms. The van der Waals surface area contributed by atoms with E-state index < -0.39 is 0 Å². The summed E-state index contributed by atoms with van der Waals surface area (Å²) in [7, 11) is 0. The monoisotopic (exact) mass is 450 g/mol. The first-order valence-electron chi connectivity index (χ1n) is 7.95. The Bertz CT molecular complexity index is 532. The second-order valence-electron chi connectivity index (χ2n) is 5.81. The van der Waals surface area contributed by atoms with Crippen LogP contribution < -0.4 is 11.1 Å². The van der Waals surface area contributed by atoms with E-state index in [1.54, 1.807) is 11.3 Å². The Morgan fingerprint density at radius 3 is 2.91 bits per heavy atom. The Morgan fingerprint density at radius 1 is 1.52 bits per heavy atom. The molecule has 1 amide bonds. The minimum atomic E-state index is -0.206. The summed E-state index contributed by atoms with van der Waals surface area (Å²) < 4.78 is 0. The van der Waals surface area contributed by atoms with Gasteiger partial charge in [0.1, 0.15) is 0 Å². The van der Waals surface area contributed by atoms with Crippen molar-refractivity contribution in [1.82, 2.24) is 10.2 Å². The van der Waals surface area contributed by atoms with Gasteiger partial charge in [0.2, 0.25) is 5.91 Å². The highest BCUT2D eigenvalue weighted by Crippen LogP contribution is 2.20. The maximum absolute atomic E-state index is 11.1. The number of piperidine rings is 1. The highest BCUT2D eigenvalue weighted by atomic mass is 127. The van der Waals surface area contributed by atoms with Crippen LogP contribution in [0, 0.1) is 12.8 Å². The van der Waals surface area contributed by atoms with E-state index in [4.69, 9.17) is 10.7 Å². The number of primary amides is 1. The SMILES string of the molecule is CCNC(=NCc1ccc(C)s1)N1CCCC(CC(N)=O)C1.I. The largest absolute Gasteiger partial charge is 0.370 e. The molecule has 1 unspecified atom stereocenters. The Hall–Kier alpha value is -0.830. The number of thiophene rings is 1. The molecule has 1 fully saturated rings. The summed E-state index contributed by atoms with van der Waals surface area (Å²) in [5.74, 6) is 1.09. The fourth-order valence-electron chi connectivity index (χ4n) is 2.86. The van der Waals surface area contributed by atoms with Crippen molar-refractivity contribution in [3.8, 4) is 0 Å². The van der Waals surface area contributed by atoms with Gasteiger partial charge >= 0.3 is 0 Å². The number of nitrogens with one attached hydrogen (secondary N) is 1. The summed E-state index contributed by atoms with van der Waals surface area (Å²) in [6.07, 6.45) is 2.63. The van der Waals surface area contributed by atoms with Crippen LogP contribution in [0.25, 0.3) is 0 Å². The Morgan fingerprint density at radius 2 is 2.30 bits per heavy atom. The number of amides is 1. The molecule has 2 rings (SSSR count). The number of hydrogen-bond donors (Lipinski definition) is 2. The van der Waals surface area contributed by atoms with E-state index in [0.29, 0.717) is 18.9 Å². The lowest BCUT2D eigenvalue weighted by Gasteiger charge is -2.34. The second kappa shape index (κ2) is 10.1. The number of guanidine groups is 1. The Balaban J connectivity index is 0.00000264. The number of likely N-dealkylation sites (tertiary alicyclic amines) is 1. The quantitative estimate of drug-likeness (QED) is 0.412. The van der Waals surface area contributed by atoms with Gasteiger partial charge in [0.15, 0.2) is 5.96 Å². The topological polar surface area (TPSA) is 70.7 Å². The molecule has 0 spiro atoms. The molecule has 2 heterocycles. The number of carbonyl (C=O) groups is 1. The smallest absolute Gasteiger partial charge is 0.217 e. The molecule has 0 radical (unpaired) electrons. The molecule has 1 aliphatic heterocycles. The maximum atomic E-state index is 11.1. The summed E-state index contributed by atoms with van der Waals surface area (Å²) >= 11 is 1.79. The molecule has 1 aromatic rings. The van der Waals surface area contributed by atoms with Crippen molar-refractivity contribution < 1.29 is 4.79 Å². The van der Waals surface area contributed by atoms with Gasteiger partial charge in [-0.3, -0.25) is 4.79 Å². The van der Waals surface area contributed by atoms with Crippen LogP contribution in [0.4, 0.5) is 0 Å². The zero-order valence-electron chi connectivity index (χ0n) is 13.9. The van der Waals surface area contributed by atoms with Crippen molar-refractivity contribution in [2.45, 2.75) is 39.7 Å². The fourth-order valence-corrected chi connectivity index (χ4v) is 3.67. The first-order valence-corrected chi connectivity index (χ1v) is 8.77. The number of halogens is 1. The van der Waals surface area contributed by atoms with Crippen LogP contribution in [0.5, 0.6) is 0 Å². The minimum absolute atomic E-state index is 0. The summed E-state index contributed by atoms with van der Waals surface area (Å²) in [5, 5.41) is 3.37. The molecule has 5 nitrogen and oxygen atoms in total. The van der Waals surface area contributed by atoms with Crippen molar-refractivity contribution >= 4 is 47.2 Å². The number of aryl methyl sites for hydroxylation is 1. The molecule has 1 aliphatic rings. The number of nitrogens with zero attached hydrogens (tertiary/aromatic N) is 2. The summed E-state index contributed by atoms with van der Waals surface area (Å²) in [4.78, 5) is 20.8. The van der Waals surface area contributed by atoms with Crippen LogP contribution in [0.3, 0.4) is 0 Å². The van der Waals surface area contributed by atoms with Gasteiger partial charge in [0.25, 0.3) is 0 Å². The number of nitrogens with two attached hydrogens (primary N) is 1. The van der Waals surface area contributed by atoms with Crippen LogP contribution >= 0.6 is 35.3 Å². The summed E-state index contributed by atoms with van der Waals surface area (Å²) in [5.41, 5.74) is 5.34. The van der Waals surface area contributed by atoms with Gasteiger partial charge in [-0.15, -0.1) is 35.3 Å². The average molecular weight is 450 g/mol. The highest BCUT2D eigenvalue weighted by Gasteiger charge is 2.23. The van der Waals surface area contributed by atoms with Crippen molar-refractivity contribution in [1.29, 1.82) is 0 Å². The van der Waals surface area contributed by atoms with Crippen LogP contribution in [0.1, 0.15) is 35.9 Å². The molecule has 1 atom stereocenters. The number of hydrogen-bond acceptors (Lipinski definition) is 3. The van der Waals surface area contributed by atoms with Crippen molar-refractivity contribution in [3.63, 3.8) is 0 Å². The van der Waals surface area contributed by atoms with Crippen LogP contribution in [-0.4, -0.2) is 36.4 Å². The van der Waals surface area contributed by atoms with E-state index in [1.165, 1.54) is 9.75 Å². The van der Waals surface area contributed by atoms with Crippen LogP contribution in [-0.2, 0) is 11.3 Å². The van der Waals surface area contributed by atoms with E-state index >= 15 is 0 Å². The first kappa shape index (κ1) is 20.2. The normalized spacial score (nSPS) is 18.4. The predicted molar refractivity (Wildman–Crippen MR) is 107 cm³/mol. The predicted octanol–water partition coefficient (Wildman–Crippen LogP) is 2.73. The van der Waals surface area contributed by atoms with Gasteiger partial charge in [-0.2, -0.15) is 0 Å². The standard InChI is InChI=1S/C16H26N4OS.HI/c1-3-18-16(19-10-14-7-6-12(2)22-14)20-8-4-5-13(11-20)9-15(17)21;/h6-7,13H,3-5,8-11H2,1-2H3,(H2,17,21)(H,18,19);1H. The molecule has 23 heavy (non-hydrogen) atoms. The number of aliphatic imine (C=N–C) groups is 1. The molecule has 0 aromatic carbocycles. The van der Waals surface area contributed by atoms with E-state index in [0.717, 1.165) is 38.4 Å². The van der Waals surface area contributed by atoms with Gasteiger partial charge < -0.3 is 16.0 Å². The van der Waals surface area contributed by atoms with Crippen molar-refractivity contribution in [2.24, 2.45) is 16.6 Å². The van der Waals surface area contributed by atoms with Crippen molar-refractivity contribution in [2.75, 3.05) is 19.6 Å². The van der Waals surface area contributed by atoms with E-state index in [2.05, 4.69) is 36.2 Å². The third-order valence-corrected chi connectivity index (χ3v) is 4.81. The lowest BCUT2D eigenvalue weighted by Crippen LogP contribution is -2.47. The summed E-state index contributed by atoms with van der Waals surface area (Å²) in [6, 6.07) is 4.27. The zero-order valence-corrected chi connectivity index (χ0v) is 17.0. The van der Waals surface area contributed by atoms with Gasteiger partial charge in [-0.1, -0.05) is 0 Å². The van der Waals surface area contributed by atoms with Gasteiger partial charge in [-0.05, 0) is 44.7 Å². The zero-order chi connectivity index (χ0) is 15.9. The minimum Gasteiger partial charge on any atom is -0.370 e. The molecule has 1 saturated heterocycles. The molecule has 0 saturated carbocycles. The molecule has 0 aliphatic carbocycles.